The molecule has 0 spiro atoms. The topological polar surface area (TPSA) is 70.2 Å². The van der Waals surface area contributed by atoms with Crippen LogP contribution in [0.4, 0.5) is 5.82 Å². The molecular weight excluding hydrogens is 422 g/mol. The molecule has 2 fully saturated rings. The fourth-order valence-electron chi connectivity index (χ4n) is 3.38. The molecule has 4 heterocycles. The summed E-state index contributed by atoms with van der Waals surface area (Å²) in [4.78, 5) is 25.8. The lowest BCUT2D eigenvalue weighted by Crippen LogP contribution is -2.44. The number of para-hydroxylation sites is 2. The second-order valence-electron chi connectivity index (χ2n) is 6.71. The molecule has 0 aliphatic carbocycles. The van der Waals surface area contributed by atoms with Crippen LogP contribution in [0.15, 0.2) is 40.6 Å². The molecule has 5 rings (SSSR count). The van der Waals surface area contributed by atoms with Gasteiger partial charge in [0.2, 0.25) is 0 Å². The van der Waals surface area contributed by atoms with Crippen molar-refractivity contribution in [3.05, 3.63) is 45.5 Å². The second-order valence-corrected chi connectivity index (χ2v) is 9.37. The summed E-state index contributed by atoms with van der Waals surface area (Å²) in [5.74, 6) is 0.776. The lowest BCUT2D eigenvalue weighted by Gasteiger charge is -2.29. The SMILES string of the molecule is O=C1NC(=S)S/C1=C\c1cc(-c2nc3ccccc3nc2N2CCNCC2)cs1. The van der Waals surface area contributed by atoms with E-state index < -0.39 is 0 Å². The van der Waals surface area contributed by atoms with Gasteiger partial charge in [-0.05, 0) is 24.3 Å². The van der Waals surface area contributed by atoms with Crippen LogP contribution in [-0.2, 0) is 4.79 Å². The van der Waals surface area contributed by atoms with Gasteiger partial charge < -0.3 is 15.5 Å². The number of hydrogen-bond donors (Lipinski definition) is 2. The molecule has 0 bridgehead atoms. The largest absolute Gasteiger partial charge is 0.352 e. The van der Waals surface area contributed by atoms with Gasteiger partial charge in [0.15, 0.2) is 5.82 Å². The summed E-state index contributed by atoms with van der Waals surface area (Å²) < 4.78 is 0.499. The average molecular weight is 440 g/mol. The number of nitrogens with zero attached hydrogens (tertiary/aromatic N) is 3. The third-order valence-corrected chi connectivity index (χ3v) is 6.82. The van der Waals surface area contributed by atoms with Crippen molar-refractivity contribution in [3.8, 4) is 11.3 Å². The first-order chi connectivity index (χ1) is 14.2. The Kier molecular flexibility index (Phi) is 5.04. The van der Waals surface area contributed by atoms with Gasteiger partial charge >= 0.3 is 0 Å². The minimum atomic E-state index is -0.137. The number of thiophene rings is 1. The van der Waals surface area contributed by atoms with Crippen molar-refractivity contribution in [1.29, 1.82) is 0 Å². The lowest BCUT2D eigenvalue weighted by atomic mass is 10.1. The van der Waals surface area contributed by atoms with Crippen LogP contribution >= 0.6 is 35.3 Å². The van der Waals surface area contributed by atoms with E-state index >= 15 is 0 Å². The molecule has 29 heavy (non-hydrogen) atoms. The summed E-state index contributed by atoms with van der Waals surface area (Å²) in [5.41, 5.74) is 3.67. The Hall–Kier alpha value is -2.33. The average Bonchev–Trinajstić information content (AvgIpc) is 3.33. The molecular formula is C20H17N5OS3. The number of fused-ring (bicyclic) bond motifs is 1. The van der Waals surface area contributed by atoms with E-state index in [1.165, 1.54) is 11.8 Å². The smallest absolute Gasteiger partial charge is 0.263 e. The maximum absolute atomic E-state index is 12.0. The van der Waals surface area contributed by atoms with E-state index in [1.54, 1.807) is 11.3 Å². The van der Waals surface area contributed by atoms with Gasteiger partial charge in [0.05, 0.1) is 15.9 Å². The molecule has 2 saturated heterocycles. The standard InChI is InChI=1S/C20H17N5OS3/c26-19-16(29-20(27)24-19)10-13-9-12(11-28-13)17-18(25-7-5-21-6-8-25)23-15-4-2-1-3-14(15)22-17/h1-4,9-11,21H,5-8H2,(H,24,26,27)/b16-10-. The number of thioether (sulfide) groups is 1. The fourth-order valence-corrected chi connectivity index (χ4v) is 5.32. The van der Waals surface area contributed by atoms with Crippen LogP contribution in [0, 0.1) is 0 Å². The maximum Gasteiger partial charge on any atom is 0.263 e. The number of benzene rings is 1. The number of anilines is 1. The van der Waals surface area contributed by atoms with E-state index in [9.17, 15) is 4.79 Å². The van der Waals surface area contributed by atoms with Gasteiger partial charge in [0, 0.05) is 42.0 Å². The molecule has 1 aromatic carbocycles. The fraction of sp³-hybridized carbons (Fsp3) is 0.200. The number of rotatable bonds is 3. The van der Waals surface area contributed by atoms with Crippen LogP contribution < -0.4 is 15.5 Å². The first-order valence-electron chi connectivity index (χ1n) is 9.23. The summed E-state index contributed by atoms with van der Waals surface area (Å²) in [7, 11) is 0. The highest BCUT2D eigenvalue weighted by molar-refractivity contribution is 8.26. The van der Waals surface area contributed by atoms with Crippen LogP contribution in [-0.4, -0.2) is 46.4 Å². The van der Waals surface area contributed by atoms with E-state index in [1.807, 2.05) is 30.3 Å². The second kappa shape index (κ2) is 7.83. The highest BCUT2D eigenvalue weighted by Crippen LogP contribution is 2.35. The van der Waals surface area contributed by atoms with E-state index in [2.05, 4.69) is 27.0 Å². The molecule has 2 aliphatic heterocycles. The quantitative estimate of drug-likeness (QED) is 0.479. The normalized spacial score (nSPS) is 18.6. The Balaban J connectivity index is 1.57. The Morgan fingerprint density at radius 1 is 1.14 bits per heavy atom. The van der Waals surface area contributed by atoms with Crippen LogP contribution in [0.2, 0.25) is 0 Å². The number of piperazine rings is 1. The van der Waals surface area contributed by atoms with Crippen LogP contribution in [0.1, 0.15) is 4.88 Å². The number of amides is 1. The Bertz CT molecular complexity index is 1150. The molecule has 2 N–H and O–H groups in total. The van der Waals surface area contributed by atoms with Crippen LogP contribution in [0.5, 0.6) is 0 Å². The number of thiocarbonyl (C=S) groups is 1. The number of carbonyl (C=O) groups is 1. The monoisotopic (exact) mass is 439 g/mol. The summed E-state index contributed by atoms with van der Waals surface area (Å²) >= 11 is 7.95. The van der Waals surface area contributed by atoms with E-state index in [0.717, 1.165) is 59.2 Å². The molecule has 2 aromatic heterocycles. The molecule has 0 atom stereocenters. The Labute approximate surface area is 181 Å². The predicted molar refractivity (Wildman–Crippen MR) is 124 cm³/mol. The van der Waals surface area contributed by atoms with Crippen molar-refractivity contribution < 1.29 is 4.79 Å². The van der Waals surface area contributed by atoms with Crippen molar-refractivity contribution >= 4 is 68.5 Å². The van der Waals surface area contributed by atoms with Crippen molar-refractivity contribution in [2.45, 2.75) is 0 Å². The van der Waals surface area contributed by atoms with Gasteiger partial charge in [-0.2, -0.15) is 0 Å². The number of nitrogens with one attached hydrogen (secondary N) is 2. The van der Waals surface area contributed by atoms with Gasteiger partial charge in [-0.1, -0.05) is 36.1 Å². The van der Waals surface area contributed by atoms with Crippen molar-refractivity contribution in [2.75, 3.05) is 31.1 Å². The Morgan fingerprint density at radius 3 is 2.62 bits per heavy atom. The van der Waals surface area contributed by atoms with Gasteiger partial charge in [0.1, 0.15) is 10.0 Å². The third kappa shape index (κ3) is 3.78. The minimum absolute atomic E-state index is 0.137. The zero-order valence-corrected chi connectivity index (χ0v) is 17.8. The molecule has 6 nitrogen and oxygen atoms in total. The zero-order valence-electron chi connectivity index (χ0n) is 15.3. The summed E-state index contributed by atoms with van der Waals surface area (Å²) in [6.45, 7) is 3.66. The summed E-state index contributed by atoms with van der Waals surface area (Å²) in [5, 5.41) is 8.12. The summed E-state index contributed by atoms with van der Waals surface area (Å²) in [6, 6.07) is 10.0. The molecule has 1 amide bonds. The molecule has 3 aromatic rings. The molecule has 0 unspecified atom stereocenters. The molecule has 146 valence electrons. The third-order valence-electron chi connectivity index (χ3n) is 4.78. The van der Waals surface area contributed by atoms with E-state index in [4.69, 9.17) is 22.2 Å². The van der Waals surface area contributed by atoms with Crippen molar-refractivity contribution in [2.24, 2.45) is 0 Å². The predicted octanol–water partition coefficient (Wildman–Crippen LogP) is 3.26. The van der Waals surface area contributed by atoms with Crippen LogP contribution in [0.3, 0.4) is 0 Å². The van der Waals surface area contributed by atoms with Gasteiger partial charge in [0.25, 0.3) is 5.91 Å². The highest BCUT2D eigenvalue weighted by atomic mass is 32.2. The lowest BCUT2D eigenvalue weighted by molar-refractivity contribution is -0.115. The number of hydrogen-bond acceptors (Lipinski definition) is 8. The van der Waals surface area contributed by atoms with E-state index in [0.29, 0.717) is 9.23 Å². The first kappa shape index (κ1) is 18.7. The molecule has 9 heteroatoms. The molecule has 2 aliphatic rings. The first-order valence-corrected chi connectivity index (χ1v) is 11.3. The zero-order chi connectivity index (χ0) is 19.8. The number of carbonyl (C=O) groups excluding carboxylic acids is 1. The molecule has 0 saturated carbocycles. The van der Waals surface area contributed by atoms with Gasteiger partial charge in [-0.15, -0.1) is 11.3 Å². The molecule has 0 radical (unpaired) electrons. The van der Waals surface area contributed by atoms with Crippen molar-refractivity contribution in [1.82, 2.24) is 20.6 Å². The van der Waals surface area contributed by atoms with Gasteiger partial charge in [-0.25, -0.2) is 9.97 Å². The van der Waals surface area contributed by atoms with Crippen LogP contribution in [0.25, 0.3) is 28.4 Å². The highest BCUT2D eigenvalue weighted by Gasteiger charge is 2.23. The summed E-state index contributed by atoms with van der Waals surface area (Å²) in [6.07, 6.45) is 1.88. The maximum atomic E-state index is 12.0. The Morgan fingerprint density at radius 2 is 1.90 bits per heavy atom. The van der Waals surface area contributed by atoms with Gasteiger partial charge in [-0.3, -0.25) is 4.79 Å². The number of aromatic nitrogens is 2. The van der Waals surface area contributed by atoms with E-state index in [-0.39, 0.29) is 5.91 Å². The minimum Gasteiger partial charge on any atom is -0.352 e. The van der Waals surface area contributed by atoms with Crippen molar-refractivity contribution in [3.63, 3.8) is 0 Å².